The lowest BCUT2D eigenvalue weighted by molar-refractivity contribution is 0.285. The highest BCUT2D eigenvalue weighted by Crippen LogP contribution is 2.29. The van der Waals surface area contributed by atoms with E-state index < -0.39 is 0 Å². The maximum Gasteiger partial charge on any atom is 0.121 e. The lowest BCUT2D eigenvalue weighted by Crippen LogP contribution is -2.37. The molecule has 1 aromatic rings. The zero-order valence-electron chi connectivity index (χ0n) is 12.6. The Kier molecular flexibility index (Phi) is 4.86. The average molecular weight is 273 g/mol. The second-order valence-corrected chi connectivity index (χ2v) is 5.69. The molecule has 0 aliphatic carbocycles. The molecule has 108 valence electrons. The van der Waals surface area contributed by atoms with Crippen LogP contribution in [0.4, 0.5) is 5.69 Å². The summed E-state index contributed by atoms with van der Waals surface area (Å²) in [6.45, 7) is 3.18. The summed E-state index contributed by atoms with van der Waals surface area (Å²) >= 11 is 0. The Morgan fingerprint density at radius 3 is 2.60 bits per heavy atom. The van der Waals surface area contributed by atoms with Gasteiger partial charge in [-0.2, -0.15) is 5.26 Å². The molecule has 4 heteroatoms. The van der Waals surface area contributed by atoms with Gasteiger partial charge >= 0.3 is 0 Å². The van der Waals surface area contributed by atoms with Crippen LogP contribution in [-0.4, -0.2) is 45.7 Å². The van der Waals surface area contributed by atoms with E-state index in [1.807, 2.05) is 18.2 Å². The molecule has 1 saturated heterocycles. The van der Waals surface area contributed by atoms with E-state index in [9.17, 15) is 5.26 Å². The lowest BCUT2D eigenvalue weighted by Gasteiger charge is -2.35. The van der Waals surface area contributed by atoms with E-state index in [0.717, 1.165) is 42.6 Å². The molecule has 1 aliphatic heterocycles. The molecule has 0 radical (unpaired) electrons. The van der Waals surface area contributed by atoms with Gasteiger partial charge in [-0.3, -0.25) is 0 Å². The predicted molar refractivity (Wildman–Crippen MR) is 81.2 cm³/mol. The summed E-state index contributed by atoms with van der Waals surface area (Å²) in [5.41, 5.74) is 1.74. The van der Waals surface area contributed by atoms with Crippen molar-refractivity contribution in [2.45, 2.75) is 12.8 Å². The molecule has 1 aromatic carbocycles. The van der Waals surface area contributed by atoms with Gasteiger partial charge in [0.1, 0.15) is 11.8 Å². The molecule has 0 bridgehead atoms. The second-order valence-electron chi connectivity index (χ2n) is 5.69. The van der Waals surface area contributed by atoms with Crippen molar-refractivity contribution < 1.29 is 4.74 Å². The topological polar surface area (TPSA) is 39.5 Å². The zero-order chi connectivity index (χ0) is 14.5. The van der Waals surface area contributed by atoms with Gasteiger partial charge in [0.2, 0.25) is 0 Å². The molecule has 2 rings (SSSR count). The molecule has 1 fully saturated rings. The van der Waals surface area contributed by atoms with Gasteiger partial charge in [0.25, 0.3) is 0 Å². The molecule has 20 heavy (non-hydrogen) atoms. The third-order valence-corrected chi connectivity index (χ3v) is 3.90. The van der Waals surface area contributed by atoms with Crippen molar-refractivity contribution in [1.29, 1.82) is 5.26 Å². The number of nitrogens with zero attached hydrogens (tertiary/aromatic N) is 3. The Labute approximate surface area is 121 Å². The van der Waals surface area contributed by atoms with E-state index in [-0.39, 0.29) is 0 Å². The van der Waals surface area contributed by atoms with Gasteiger partial charge in [0, 0.05) is 25.7 Å². The van der Waals surface area contributed by atoms with Crippen LogP contribution in [0.2, 0.25) is 0 Å². The van der Waals surface area contributed by atoms with Crippen molar-refractivity contribution in [3.8, 4) is 11.8 Å². The minimum absolute atomic E-state index is 0.733. The normalized spacial score (nSPS) is 16.2. The van der Waals surface area contributed by atoms with E-state index in [2.05, 4.69) is 30.0 Å². The fourth-order valence-corrected chi connectivity index (χ4v) is 2.87. The number of hydrogen-bond acceptors (Lipinski definition) is 4. The summed E-state index contributed by atoms with van der Waals surface area (Å²) in [7, 11) is 5.92. The molecular formula is C16H23N3O. The minimum atomic E-state index is 0.733. The van der Waals surface area contributed by atoms with Crippen LogP contribution in [0.15, 0.2) is 18.2 Å². The first kappa shape index (κ1) is 14.7. The second kappa shape index (κ2) is 6.62. The van der Waals surface area contributed by atoms with E-state index >= 15 is 0 Å². The number of methoxy groups -OCH3 is 1. The SMILES string of the molecule is COc1ccc(C#N)c(N2CCC(CN(C)C)CC2)c1. The molecule has 0 N–H and O–H groups in total. The standard InChI is InChI=1S/C16H23N3O/c1-18(2)12-13-6-8-19(9-7-13)16-10-15(20-3)5-4-14(16)11-17/h4-5,10,13H,6-9,12H2,1-3H3. The molecule has 1 heterocycles. The fourth-order valence-electron chi connectivity index (χ4n) is 2.87. The first-order valence-corrected chi connectivity index (χ1v) is 7.12. The predicted octanol–water partition coefficient (Wildman–Crippen LogP) is 2.34. The largest absolute Gasteiger partial charge is 0.497 e. The van der Waals surface area contributed by atoms with Crippen LogP contribution in [0.1, 0.15) is 18.4 Å². The minimum Gasteiger partial charge on any atom is -0.497 e. The molecule has 0 atom stereocenters. The van der Waals surface area contributed by atoms with E-state index in [4.69, 9.17) is 4.74 Å². The van der Waals surface area contributed by atoms with Gasteiger partial charge in [0.15, 0.2) is 0 Å². The van der Waals surface area contributed by atoms with Crippen molar-refractivity contribution in [1.82, 2.24) is 4.90 Å². The van der Waals surface area contributed by atoms with Crippen LogP contribution < -0.4 is 9.64 Å². The molecule has 1 aliphatic rings. The Balaban J connectivity index is 2.08. The maximum atomic E-state index is 9.26. The van der Waals surface area contributed by atoms with Crippen molar-refractivity contribution in [2.75, 3.05) is 45.7 Å². The van der Waals surface area contributed by atoms with Gasteiger partial charge in [-0.25, -0.2) is 0 Å². The number of rotatable bonds is 4. The van der Waals surface area contributed by atoms with Gasteiger partial charge < -0.3 is 14.5 Å². The average Bonchev–Trinajstić information content (AvgIpc) is 2.46. The third-order valence-electron chi connectivity index (χ3n) is 3.90. The van der Waals surface area contributed by atoms with Crippen LogP contribution >= 0.6 is 0 Å². The molecule has 0 aromatic heterocycles. The van der Waals surface area contributed by atoms with Crippen LogP contribution in [0.5, 0.6) is 5.75 Å². The first-order valence-electron chi connectivity index (χ1n) is 7.12. The summed E-state index contributed by atoms with van der Waals surface area (Å²) < 4.78 is 5.28. The van der Waals surface area contributed by atoms with Gasteiger partial charge in [-0.05, 0) is 45.0 Å². The summed E-state index contributed by atoms with van der Waals surface area (Å²) in [6.07, 6.45) is 2.36. The van der Waals surface area contributed by atoms with Crippen LogP contribution in [-0.2, 0) is 0 Å². The van der Waals surface area contributed by atoms with Crippen LogP contribution in [0.3, 0.4) is 0 Å². The number of benzene rings is 1. The summed E-state index contributed by atoms with van der Waals surface area (Å²) in [5, 5.41) is 9.26. The van der Waals surface area contributed by atoms with Crippen molar-refractivity contribution in [3.63, 3.8) is 0 Å². The Morgan fingerprint density at radius 2 is 2.05 bits per heavy atom. The summed E-state index contributed by atoms with van der Waals surface area (Å²) in [6, 6.07) is 7.95. The Hall–Kier alpha value is -1.73. The lowest BCUT2D eigenvalue weighted by atomic mass is 9.95. The van der Waals surface area contributed by atoms with E-state index in [0.29, 0.717) is 0 Å². The van der Waals surface area contributed by atoms with Crippen molar-refractivity contribution in [2.24, 2.45) is 5.92 Å². The fraction of sp³-hybridized carbons (Fsp3) is 0.562. The molecule has 0 spiro atoms. The number of anilines is 1. The third kappa shape index (κ3) is 3.43. The number of hydrogen-bond donors (Lipinski definition) is 0. The maximum absolute atomic E-state index is 9.26. The molecule has 4 nitrogen and oxygen atoms in total. The van der Waals surface area contributed by atoms with E-state index in [1.54, 1.807) is 7.11 Å². The Morgan fingerprint density at radius 1 is 1.35 bits per heavy atom. The highest BCUT2D eigenvalue weighted by Gasteiger charge is 2.21. The Bertz CT molecular complexity index is 485. The zero-order valence-corrected chi connectivity index (χ0v) is 12.6. The molecular weight excluding hydrogens is 250 g/mol. The van der Waals surface area contributed by atoms with Crippen LogP contribution in [0, 0.1) is 17.2 Å². The highest BCUT2D eigenvalue weighted by atomic mass is 16.5. The number of piperidine rings is 1. The number of ether oxygens (including phenoxy) is 1. The molecule has 0 amide bonds. The molecule has 0 saturated carbocycles. The molecule has 0 unspecified atom stereocenters. The smallest absolute Gasteiger partial charge is 0.121 e. The van der Waals surface area contributed by atoms with Gasteiger partial charge in [0.05, 0.1) is 18.4 Å². The highest BCUT2D eigenvalue weighted by molar-refractivity contribution is 5.62. The van der Waals surface area contributed by atoms with Gasteiger partial charge in [-0.1, -0.05) is 0 Å². The first-order chi connectivity index (χ1) is 9.63. The quantitative estimate of drug-likeness (QED) is 0.844. The summed E-state index contributed by atoms with van der Waals surface area (Å²) in [4.78, 5) is 4.57. The van der Waals surface area contributed by atoms with Crippen molar-refractivity contribution >= 4 is 5.69 Å². The summed E-state index contributed by atoms with van der Waals surface area (Å²) in [5.74, 6) is 1.58. The monoisotopic (exact) mass is 273 g/mol. The van der Waals surface area contributed by atoms with Crippen LogP contribution in [0.25, 0.3) is 0 Å². The number of nitriles is 1. The van der Waals surface area contributed by atoms with Gasteiger partial charge in [-0.15, -0.1) is 0 Å². The van der Waals surface area contributed by atoms with Crippen molar-refractivity contribution in [3.05, 3.63) is 23.8 Å². The van der Waals surface area contributed by atoms with E-state index in [1.165, 1.54) is 12.8 Å².